The van der Waals surface area contributed by atoms with Gasteiger partial charge < -0.3 is 15.0 Å². The highest BCUT2D eigenvalue weighted by molar-refractivity contribution is 5.83. The first-order valence-electron chi connectivity index (χ1n) is 9.33. The Morgan fingerprint density at radius 2 is 2.03 bits per heavy atom. The van der Waals surface area contributed by atoms with Crippen LogP contribution in [0.3, 0.4) is 0 Å². The minimum Gasteiger partial charge on any atom is -0.485 e. The van der Waals surface area contributed by atoms with Crippen molar-refractivity contribution in [3.8, 4) is 11.8 Å². The lowest BCUT2D eigenvalue weighted by atomic mass is 10.1. The fraction of sp³-hybridized carbons (Fsp3) is 0.130. The van der Waals surface area contributed by atoms with Gasteiger partial charge in [0.15, 0.2) is 0 Å². The summed E-state index contributed by atoms with van der Waals surface area (Å²) < 4.78 is 20.2. The minimum atomic E-state index is -0.465. The van der Waals surface area contributed by atoms with Crippen LogP contribution < -0.4 is 10.1 Å². The molecule has 2 aromatic carbocycles. The molecule has 2 heterocycles. The molecular weight excluding hydrogens is 367 g/mol. The Balaban J connectivity index is 1.62. The number of benzene rings is 2. The van der Waals surface area contributed by atoms with Crippen molar-refractivity contribution in [1.82, 2.24) is 9.97 Å². The molecule has 6 heteroatoms. The third kappa shape index (κ3) is 4.04. The van der Waals surface area contributed by atoms with Crippen LogP contribution >= 0.6 is 0 Å². The summed E-state index contributed by atoms with van der Waals surface area (Å²) >= 11 is 0. The van der Waals surface area contributed by atoms with Crippen LogP contribution in [0, 0.1) is 17.1 Å². The number of hydrogen-bond acceptors (Lipinski definition) is 4. The first kappa shape index (κ1) is 18.5. The average Bonchev–Trinajstić information content (AvgIpc) is 3.20. The van der Waals surface area contributed by atoms with Gasteiger partial charge in [0.25, 0.3) is 0 Å². The Morgan fingerprint density at radius 3 is 2.83 bits per heavy atom. The minimum absolute atomic E-state index is 0.217. The van der Waals surface area contributed by atoms with Gasteiger partial charge in [-0.1, -0.05) is 31.2 Å². The molecule has 0 aliphatic heterocycles. The Kier molecular flexibility index (Phi) is 5.12. The van der Waals surface area contributed by atoms with Gasteiger partial charge in [0.2, 0.25) is 0 Å². The van der Waals surface area contributed by atoms with Gasteiger partial charge in [-0.25, -0.2) is 9.37 Å². The monoisotopic (exact) mass is 386 g/mol. The van der Waals surface area contributed by atoms with Crippen molar-refractivity contribution in [3.05, 3.63) is 83.9 Å². The summed E-state index contributed by atoms with van der Waals surface area (Å²) in [5.41, 5.74) is 2.52. The van der Waals surface area contributed by atoms with Crippen molar-refractivity contribution in [2.75, 3.05) is 5.32 Å². The van der Waals surface area contributed by atoms with E-state index in [9.17, 15) is 9.65 Å². The number of ether oxygens (including phenoxy) is 1. The molecule has 0 aliphatic carbocycles. The van der Waals surface area contributed by atoms with Gasteiger partial charge in [0.1, 0.15) is 35.3 Å². The Bertz CT molecular complexity index is 1190. The maximum atomic E-state index is 14.2. The van der Waals surface area contributed by atoms with Crippen molar-refractivity contribution in [1.29, 1.82) is 5.26 Å². The zero-order chi connectivity index (χ0) is 20.2. The molecule has 0 saturated carbocycles. The van der Waals surface area contributed by atoms with Crippen LogP contribution in [0.15, 0.2) is 66.9 Å². The standard InChI is InChI=1S/C23H19FN4O/c1-2-22(19-5-3-4-6-20(19)24)29-18-11-17(14-25)28-23(13-18)27-16-8-7-15-9-10-26-21(15)12-16/h3-13,22,26H,2H2,1H3,(H,27,28). The van der Waals surface area contributed by atoms with Crippen molar-refractivity contribution in [2.24, 2.45) is 0 Å². The van der Waals surface area contributed by atoms with Crippen LogP contribution in [0.1, 0.15) is 30.7 Å². The fourth-order valence-corrected chi connectivity index (χ4v) is 3.24. The number of nitrogens with one attached hydrogen (secondary N) is 2. The van der Waals surface area contributed by atoms with E-state index < -0.39 is 6.10 Å². The summed E-state index contributed by atoms with van der Waals surface area (Å²) in [6, 6.07) is 19.8. The van der Waals surface area contributed by atoms with E-state index in [0.29, 0.717) is 23.6 Å². The largest absolute Gasteiger partial charge is 0.485 e. The van der Waals surface area contributed by atoms with Gasteiger partial charge >= 0.3 is 0 Å². The Labute approximate surface area is 167 Å². The van der Waals surface area contributed by atoms with E-state index in [-0.39, 0.29) is 11.5 Å². The van der Waals surface area contributed by atoms with Crippen LogP contribution in [0.2, 0.25) is 0 Å². The molecule has 29 heavy (non-hydrogen) atoms. The summed E-state index contributed by atoms with van der Waals surface area (Å²) in [6.07, 6.45) is 1.99. The van der Waals surface area contributed by atoms with Gasteiger partial charge in [0, 0.05) is 35.1 Å². The molecule has 4 rings (SSSR count). The molecular formula is C23H19FN4O. The van der Waals surface area contributed by atoms with Crippen LogP contribution in [0.25, 0.3) is 10.9 Å². The number of halogens is 1. The molecule has 0 spiro atoms. The second kappa shape index (κ2) is 8.03. The predicted molar refractivity (Wildman–Crippen MR) is 111 cm³/mol. The van der Waals surface area contributed by atoms with Crippen LogP contribution in [-0.4, -0.2) is 9.97 Å². The highest BCUT2D eigenvalue weighted by atomic mass is 19.1. The molecule has 4 aromatic rings. The summed E-state index contributed by atoms with van der Waals surface area (Å²) in [7, 11) is 0. The van der Waals surface area contributed by atoms with E-state index in [1.54, 1.807) is 30.3 Å². The van der Waals surface area contributed by atoms with Crippen LogP contribution in [0.4, 0.5) is 15.9 Å². The van der Waals surface area contributed by atoms with E-state index in [1.807, 2.05) is 37.4 Å². The first-order valence-corrected chi connectivity index (χ1v) is 9.33. The van der Waals surface area contributed by atoms with E-state index in [0.717, 1.165) is 16.6 Å². The normalized spacial score (nSPS) is 11.8. The maximum Gasteiger partial charge on any atom is 0.146 e. The molecule has 5 nitrogen and oxygen atoms in total. The van der Waals surface area contributed by atoms with Gasteiger partial charge in [-0.15, -0.1) is 0 Å². The summed E-state index contributed by atoms with van der Waals surface area (Å²) in [4.78, 5) is 7.47. The second-order valence-electron chi connectivity index (χ2n) is 6.63. The van der Waals surface area contributed by atoms with E-state index in [2.05, 4.69) is 21.4 Å². The first-order chi connectivity index (χ1) is 14.2. The smallest absolute Gasteiger partial charge is 0.146 e. The van der Waals surface area contributed by atoms with Gasteiger partial charge in [0.05, 0.1) is 0 Å². The van der Waals surface area contributed by atoms with Crippen molar-refractivity contribution >= 4 is 22.4 Å². The fourth-order valence-electron chi connectivity index (χ4n) is 3.24. The highest BCUT2D eigenvalue weighted by Gasteiger charge is 2.16. The molecule has 2 N–H and O–H groups in total. The lowest BCUT2D eigenvalue weighted by Crippen LogP contribution is -2.09. The van der Waals surface area contributed by atoms with E-state index in [4.69, 9.17) is 4.74 Å². The number of fused-ring (bicyclic) bond motifs is 1. The summed E-state index contributed by atoms with van der Waals surface area (Å²) in [5.74, 6) is 0.620. The zero-order valence-electron chi connectivity index (χ0n) is 15.8. The number of anilines is 2. The third-order valence-corrected chi connectivity index (χ3v) is 4.64. The molecule has 0 saturated heterocycles. The van der Waals surface area contributed by atoms with Crippen LogP contribution in [0.5, 0.6) is 5.75 Å². The van der Waals surface area contributed by atoms with Crippen molar-refractivity contribution in [2.45, 2.75) is 19.4 Å². The highest BCUT2D eigenvalue weighted by Crippen LogP contribution is 2.29. The molecule has 0 fully saturated rings. The number of H-pyrrole nitrogens is 1. The van der Waals surface area contributed by atoms with Gasteiger partial charge in [-0.2, -0.15) is 5.26 Å². The number of nitriles is 1. The quantitative estimate of drug-likeness (QED) is 0.436. The number of hydrogen-bond donors (Lipinski definition) is 2. The van der Waals surface area contributed by atoms with E-state index >= 15 is 0 Å². The number of pyridine rings is 1. The molecule has 0 radical (unpaired) electrons. The molecule has 1 unspecified atom stereocenters. The Morgan fingerprint density at radius 1 is 1.17 bits per heavy atom. The average molecular weight is 386 g/mol. The topological polar surface area (TPSA) is 73.7 Å². The summed E-state index contributed by atoms with van der Waals surface area (Å²) in [5, 5.41) is 13.7. The number of nitrogens with zero attached hydrogens (tertiary/aromatic N) is 2. The molecule has 1 atom stereocenters. The zero-order valence-corrected chi connectivity index (χ0v) is 15.8. The lowest BCUT2D eigenvalue weighted by Gasteiger charge is -2.19. The molecule has 0 aliphatic rings. The number of rotatable bonds is 6. The van der Waals surface area contributed by atoms with Crippen LogP contribution in [-0.2, 0) is 0 Å². The SMILES string of the molecule is CCC(Oc1cc(C#N)nc(Nc2ccc3cc[nH]c3c2)c1)c1ccccc1F. The number of aromatic nitrogens is 2. The molecule has 0 bridgehead atoms. The third-order valence-electron chi connectivity index (χ3n) is 4.64. The van der Waals surface area contributed by atoms with E-state index in [1.165, 1.54) is 6.07 Å². The van der Waals surface area contributed by atoms with Crippen molar-refractivity contribution < 1.29 is 9.13 Å². The van der Waals surface area contributed by atoms with Gasteiger partial charge in [-0.05, 0) is 36.1 Å². The van der Waals surface area contributed by atoms with Crippen molar-refractivity contribution in [3.63, 3.8) is 0 Å². The predicted octanol–water partition coefficient (Wildman–Crippen LogP) is 5.85. The maximum absolute atomic E-state index is 14.2. The second-order valence-corrected chi connectivity index (χ2v) is 6.63. The van der Waals surface area contributed by atoms with Gasteiger partial charge in [-0.3, -0.25) is 0 Å². The molecule has 2 aromatic heterocycles. The molecule has 0 amide bonds. The summed E-state index contributed by atoms with van der Waals surface area (Å²) in [6.45, 7) is 1.92. The number of aromatic amines is 1. The Hall–Kier alpha value is -3.85. The lowest BCUT2D eigenvalue weighted by molar-refractivity contribution is 0.196. The molecule has 144 valence electrons.